The standard InChI is InChI=1S/C21H26N4O2/c1-15-18(23-21(27-15)16-7-9-17(26-3)10-8-16)14-25-12-5-4-6-19(25)20-22-11-13-24(20)2/h7-11,13,19H,4-6,12,14H2,1-3H3/t19-/m0/s1. The van der Waals surface area contributed by atoms with Gasteiger partial charge in [0.05, 0.1) is 18.8 Å². The smallest absolute Gasteiger partial charge is 0.226 e. The van der Waals surface area contributed by atoms with Crippen molar-refractivity contribution in [1.29, 1.82) is 0 Å². The van der Waals surface area contributed by atoms with Crippen LogP contribution < -0.4 is 4.74 Å². The molecule has 6 heteroatoms. The van der Waals surface area contributed by atoms with Crippen LogP contribution in [0.3, 0.4) is 0 Å². The van der Waals surface area contributed by atoms with E-state index in [-0.39, 0.29) is 0 Å². The van der Waals surface area contributed by atoms with Crippen LogP contribution in [0.4, 0.5) is 0 Å². The third-order valence-corrected chi connectivity index (χ3v) is 5.35. The number of aromatic nitrogens is 3. The summed E-state index contributed by atoms with van der Waals surface area (Å²) in [6, 6.07) is 8.14. The summed E-state index contributed by atoms with van der Waals surface area (Å²) in [5.41, 5.74) is 1.96. The molecule has 3 aromatic rings. The monoisotopic (exact) mass is 366 g/mol. The molecule has 1 atom stereocenters. The molecule has 3 heterocycles. The Bertz CT molecular complexity index is 897. The second-order valence-electron chi connectivity index (χ2n) is 7.13. The number of nitrogens with zero attached hydrogens (tertiary/aromatic N) is 4. The number of hydrogen-bond donors (Lipinski definition) is 0. The van der Waals surface area contributed by atoms with Gasteiger partial charge in [-0.05, 0) is 50.6 Å². The van der Waals surface area contributed by atoms with Crippen LogP contribution in [0.1, 0.15) is 42.6 Å². The molecular weight excluding hydrogens is 340 g/mol. The fourth-order valence-electron chi connectivity index (χ4n) is 3.80. The zero-order valence-electron chi connectivity index (χ0n) is 16.2. The Morgan fingerprint density at radius 2 is 2.04 bits per heavy atom. The van der Waals surface area contributed by atoms with Gasteiger partial charge in [0.2, 0.25) is 5.89 Å². The average molecular weight is 366 g/mol. The van der Waals surface area contributed by atoms with E-state index in [0.717, 1.165) is 48.1 Å². The van der Waals surface area contributed by atoms with Gasteiger partial charge in [-0.3, -0.25) is 4.90 Å². The van der Waals surface area contributed by atoms with Crippen molar-refractivity contribution in [1.82, 2.24) is 19.4 Å². The number of likely N-dealkylation sites (tertiary alicyclic amines) is 1. The molecule has 0 amide bonds. The van der Waals surface area contributed by atoms with Crippen LogP contribution >= 0.6 is 0 Å². The van der Waals surface area contributed by atoms with Gasteiger partial charge in [-0.1, -0.05) is 6.42 Å². The normalized spacial score (nSPS) is 18.0. The van der Waals surface area contributed by atoms with Gasteiger partial charge in [-0.25, -0.2) is 9.97 Å². The van der Waals surface area contributed by atoms with Crippen molar-refractivity contribution in [3.05, 3.63) is 53.9 Å². The summed E-state index contributed by atoms with van der Waals surface area (Å²) in [5.74, 6) is 3.50. The molecular formula is C21H26N4O2. The highest BCUT2D eigenvalue weighted by Gasteiger charge is 2.28. The van der Waals surface area contributed by atoms with Gasteiger partial charge in [0.25, 0.3) is 0 Å². The van der Waals surface area contributed by atoms with Crippen LogP contribution in [0.5, 0.6) is 5.75 Å². The molecule has 142 valence electrons. The zero-order valence-corrected chi connectivity index (χ0v) is 16.2. The van der Waals surface area contributed by atoms with E-state index in [1.165, 1.54) is 12.8 Å². The molecule has 0 bridgehead atoms. The van der Waals surface area contributed by atoms with Gasteiger partial charge in [0.1, 0.15) is 17.3 Å². The summed E-state index contributed by atoms with van der Waals surface area (Å²) < 4.78 is 13.3. The fourth-order valence-corrected chi connectivity index (χ4v) is 3.80. The number of methoxy groups -OCH3 is 1. The van der Waals surface area contributed by atoms with Crippen molar-refractivity contribution in [3.8, 4) is 17.2 Å². The van der Waals surface area contributed by atoms with Gasteiger partial charge in [-0.2, -0.15) is 0 Å². The third-order valence-electron chi connectivity index (χ3n) is 5.35. The number of hydrogen-bond acceptors (Lipinski definition) is 5. The van der Waals surface area contributed by atoms with E-state index in [1.54, 1.807) is 7.11 Å². The Morgan fingerprint density at radius 1 is 1.22 bits per heavy atom. The minimum Gasteiger partial charge on any atom is -0.497 e. The molecule has 0 saturated carbocycles. The minimum atomic E-state index is 0.333. The number of imidazole rings is 1. The molecule has 4 rings (SSSR count). The first-order valence-corrected chi connectivity index (χ1v) is 9.47. The second-order valence-corrected chi connectivity index (χ2v) is 7.13. The molecule has 0 spiro atoms. The quantitative estimate of drug-likeness (QED) is 0.680. The lowest BCUT2D eigenvalue weighted by Gasteiger charge is -2.34. The first-order chi connectivity index (χ1) is 13.2. The van der Waals surface area contributed by atoms with Gasteiger partial charge >= 0.3 is 0 Å². The Kier molecular flexibility index (Phi) is 4.99. The van der Waals surface area contributed by atoms with Gasteiger partial charge < -0.3 is 13.7 Å². The summed E-state index contributed by atoms with van der Waals surface area (Å²) in [7, 11) is 3.73. The van der Waals surface area contributed by atoms with E-state index >= 15 is 0 Å². The summed E-state index contributed by atoms with van der Waals surface area (Å²) in [6.07, 6.45) is 7.48. The predicted octanol–water partition coefficient (Wildman–Crippen LogP) is 4.12. The van der Waals surface area contributed by atoms with E-state index in [0.29, 0.717) is 11.9 Å². The summed E-state index contributed by atoms with van der Waals surface area (Å²) in [5, 5.41) is 0. The van der Waals surface area contributed by atoms with Crippen molar-refractivity contribution in [2.75, 3.05) is 13.7 Å². The van der Waals surface area contributed by atoms with E-state index in [1.807, 2.05) is 43.6 Å². The highest BCUT2D eigenvalue weighted by molar-refractivity contribution is 5.55. The number of aryl methyl sites for hydroxylation is 2. The van der Waals surface area contributed by atoms with Crippen molar-refractivity contribution < 1.29 is 9.15 Å². The van der Waals surface area contributed by atoms with Crippen LogP contribution in [-0.4, -0.2) is 33.1 Å². The highest BCUT2D eigenvalue weighted by atomic mass is 16.5. The Morgan fingerprint density at radius 3 is 2.74 bits per heavy atom. The molecule has 2 aromatic heterocycles. The van der Waals surface area contributed by atoms with Crippen molar-refractivity contribution in [3.63, 3.8) is 0 Å². The lowest BCUT2D eigenvalue weighted by atomic mass is 10.0. The van der Waals surface area contributed by atoms with Crippen molar-refractivity contribution >= 4 is 0 Å². The SMILES string of the molecule is COc1ccc(-c2nc(CN3CCCC[C@H]3c3nccn3C)c(C)o2)cc1. The first kappa shape index (κ1) is 17.8. The molecule has 1 fully saturated rings. The minimum absolute atomic E-state index is 0.333. The van der Waals surface area contributed by atoms with E-state index < -0.39 is 0 Å². The lowest BCUT2D eigenvalue weighted by molar-refractivity contribution is 0.129. The van der Waals surface area contributed by atoms with Gasteiger partial charge in [-0.15, -0.1) is 0 Å². The molecule has 1 aliphatic heterocycles. The number of piperidine rings is 1. The number of oxazole rings is 1. The molecule has 1 saturated heterocycles. The maximum atomic E-state index is 5.97. The zero-order chi connectivity index (χ0) is 18.8. The molecule has 0 radical (unpaired) electrons. The largest absolute Gasteiger partial charge is 0.497 e. The third kappa shape index (κ3) is 3.62. The molecule has 0 aliphatic carbocycles. The summed E-state index contributed by atoms with van der Waals surface area (Å²) in [6.45, 7) is 3.83. The molecule has 0 unspecified atom stereocenters. The van der Waals surface area contributed by atoms with E-state index in [2.05, 4.69) is 21.5 Å². The maximum Gasteiger partial charge on any atom is 0.226 e. The van der Waals surface area contributed by atoms with E-state index in [9.17, 15) is 0 Å². The van der Waals surface area contributed by atoms with Crippen LogP contribution in [0, 0.1) is 6.92 Å². The van der Waals surface area contributed by atoms with Gasteiger partial charge in [0, 0.05) is 31.5 Å². The first-order valence-electron chi connectivity index (χ1n) is 9.47. The van der Waals surface area contributed by atoms with Crippen LogP contribution in [0.2, 0.25) is 0 Å². The Labute approximate surface area is 159 Å². The number of rotatable bonds is 5. The highest BCUT2D eigenvalue weighted by Crippen LogP contribution is 2.32. The van der Waals surface area contributed by atoms with Crippen LogP contribution in [0.15, 0.2) is 41.1 Å². The number of ether oxygens (including phenoxy) is 1. The maximum absolute atomic E-state index is 5.97. The topological polar surface area (TPSA) is 56.3 Å². The molecule has 6 nitrogen and oxygen atoms in total. The van der Waals surface area contributed by atoms with Gasteiger partial charge in [0.15, 0.2) is 0 Å². The molecule has 1 aliphatic rings. The van der Waals surface area contributed by atoms with Crippen molar-refractivity contribution in [2.45, 2.75) is 38.8 Å². The molecule has 0 N–H and O–H groups in total. The van der Waals surface area contributed by atoms with Crippen LogP contribution in [-0.2, 0) is 13.6 Å². The molecule has 1 aromatic carbocycles. The number of benzene rings is 1. The average Bonchev–Trinajstić information content (AvgIpc) is 3.28. The van der Waals surface area contributed by atoms with Crippen LogP contribution in [0.25, 0.3) is 11.5 Å². The van der Waals surface area contributed by atoms with E-state index in [4.69, 9.17) is 14.1 Å². The lowest BCUT2D eigenvalue weighted by Crippen LogP contribution is -2.34. The van der Waals surface area contributed by atoms with Crippen molar-refractivity contribution in [2.24, 2.45) is 7.05 Å². The second kappa shape index (κ2) is 7.56. The Balaban J connectivity index is 1.56. The fraction of sp³-hybridized carbons (Fsp3) is 0.429. The summed E-state index contributed by atoms with van der Waals surface area (Å²) >= 11 is 0. The molecule has 27 heavy (non-hydrogen) atoms. The predicted molar refractivity (Wildman–Crippen MR) is 103 cm³/mol. The Hall–Kier alpha value is -2.60. The summed E-state index contributed by atoms with van der Waals surface area (Å²) in [4.78, 5) is 11.9.